The zero-order valence-corrected chi connectivity index (χ0v) is 12.5. The maximum atomic E-state index is 12.0. The number of nitrogens with one attached hydrogen (secondary N) is 2. The maximum Gasteiger partial charge on any atom is 0.408 e. The first-order valence-corrected chi connectivity index (χ1v) is 6.72. The van der Waals surface area contributed by atoms with Crippen molar-refractivity contribution in [3.8, 4) is 0 Å². The minimum absolute atomic E-state index is 0.164. The molecule has 0 aromatic rings. The van der Waals surface area contributed by atoms with Crippen molar-refractivity contribution >= 4 is 17.9 Å². The Kier molecular flexibility index (Phi) is 5.35. The van der Waals surface area contributed by atoms with Crippen LogP contribution in [-0.2, 0) is 14.3 Å². The minimum Gasteiger partial charge on any atom is -0.444 e. The van der Waals surface area contributed by atoms with Crippen molar-refractivity contribution in [1.82, 2.24) is 15.5 Å². The van der Waals surface area contributed by atoms with Crippen LogP contribution in [0.1, 0.15) is 33.6 Å². The molecule has 1 rings (SSSR count). The predicted molar refractivity (Wildman–Crippen MR) is 73.0 cm³/mol. The molecule has 1 fully saturated rings. The van der Waals surface area contributed by atoms with E-state index in [0.717, 1.165) is 6.42 Å². The first kappa shape index (κ1) is 16.3. The van der Waals surface area contributed by atoms with Crippen LogP contribution in [0.2, 0.25) is 0 Å². The fourth-order valence-corrected chi connectivity index (χ4v) is 2.07. The summed E-state index contributed by atoms with van der Waals surface area (Å²) >= 11 is 0. The Balaban J connectivity index is 2.46. The van der Waals surface area contributed by atoms with E-state index < -0.39 is 17.7 Å². The van der Waals surface area contributed by atoms with Gasteiger partial charge in [0.05, 0.1) is 0 Å². The number of amides is 3. The van der Waals surface area contributed by atoms with Gasteiger partial charge in [-0.3, -0.25) is 9.59 Å². The molecule has 0 aliphatic carbocycles. The van der Waals surface area contributed by atoms with Gasteiger partial charge in [-0.15, -0.1) is 0 Å². The number of rotatable bonds is 3. The van der Waals surface area contributed by atoms with Gasteiger partial charge in [-0.2, -0.15) is 0 Å². The topological polar surface area (TPSA) is 87.7 Å². The highest BCUT2D eigenvalue weighted by Gasteiger charge is 2.33. The maximum absolute atomic E-state index is 12.0. The molecule has 7 nitrogen and oxygen atoms in total. The molecule has 2 N–H and O–H groups in total. The summed E-state index contributed by atoms with van der Waals surface area (Å²) in [6, 6.07) is -0.437. The van der Waals surface area contributed by atoms with Crippen molar-refractivity contribution in [1.29, 1.82) is 0 Å². The molecule has 1 heterocycles. The van der Waals surface area contributed by atoms with Gasteiger partial charge in [-0.1, -0.05) is 0 Å². The van der Waals surface area contributed by atoms with Gasteiger partial charge in [-0.05, 0) is 33.6 Å². The Morgan fingerprint density at radius 3 is 2.50 bits per heavy atom. The van der Waals surface area contributed by atoms with E-state index in [1.807, 2.05) is 0 Å². The van der Waals surface area contributed by atoms with Crippen LogP contribution >= 0.6 is 0 Å². The number of hydrogen-bond acceptors (Lipinski definition) is 4. The first-order chi connectivity index (χ1) is 9.24. The summed E-state index contributed by atoms with van der Waals surface area (Å²) in [6.07, 6.45) is 0.801. The van der Waals surface area contributed by atoms with Crippen molar-refractivity contribution in [2.45, 2.75) is 45.3 Å². The molecule has 1 aliphatic heterocycles. The second kappa shape index (κ2) is 6.58. The molecule has 0 aromatic heterocycles. The van der Waals surface area contributed by atoms with Gasteiger partial charge in [0, 0.05) is 13.6 Å². The SMILES string of the molecule is CNC(=O)[C@@H]1CCCN1C(=O)CNC(=O)OC(C)(C)C. The lowest BCUT2D eigenvalue weighted by atomic mass is 10.2. The summed E-state index contributed by atoms with van der Waals surface area (Å²) in [5, 5.41) is 4.95. The largest absolute Gasteiger partial charge is 0.444 e. The zero-order chi connectivity index (χ0) is 15.3. The number of alkyl carbamates (subject to hydrolysis) is 1. The number of likely N-dealkylation sites (tertiary alicyclic amines) is 1. The van der Waals surface area contributed by atoms with Crippen LogP contribution in [0, 0.1) is 0 Å². The highest BCUT2D eigenvalue weighted by molar-refractivity contribution is 5.89. The summed E-state index contributed by atoms with van der Waals surface area (Å²) in [7, 11) is 1.54. The van der Waals surface area contributed by atoms with Crippen molar-refractivity contribution in [2.75, 3.05) is 20.1 Å². The van der Waals surface area contributed by atoms with Crippen LogP contribution < -0.4 is 10.6 Å². The number of likely N-dealkylation sites (N-methyl/N-ethyl adjacent to an activating group) is 1. The minimum atomic E-state index is -0.637. The lowest BCUT2D eigenvalue weighted by Gasteiger charge is -2.24. The van der Waals surface area contributed by atoms with Gasteiger partial charge in [0.1, 0.15) is 18.2 Å². The molecule has 1 saturated heterocycles. The number of carbonyl (C=O) groups is 3. The molecule has 0 aromatic carbocycles. The average molecular weight is 285 g/mol. The summed E-state index contributed by atoms with van der Waals surface area (Å²) in [4.78, 5) is 36.6. The van der Waals surface area contributed by atoms with Crippen LogP contribution in [0.5, 0.6) is 0 Å². The Morgan fingerprint density at radius 2 is 1.95 bits per heavy atom. The molecule has 0 unspecified atom stereocenters. The number of ether oxygens (including phenoxy) is 1. The Labute approximate surface area is 119 Å². The standard InChI is InChI=1S/C13H23N3O4/c1-13(2,3)20-12(19)15-8-10(17)16-7-5-6-9(16)11(18)14-4/h9H,5-8H2,1-4H3,(H,14,18)(H,15,19)/t9-/m0/s1. The smallest absolute Gasteiger partial charge is 0.408 e. The third-order valence-corrected chi connectivity index (χ3v) is 2.91. The molecule has 0 spiro atoms. The van der Waals surface area contributed by atoms with Gasteiger partial charge in [0.2, 0.25) is 11.8 Å². The number of carbonyl (C=O) groups excluding carboxylic acids is 3. The fraction of sp³-hybridized carbons (Fsp3) is 0.769. The molecular weight excluding hydrogens is 262 g/mol. The lowest BCUT2D eigenvalue weighted by Crippen LogP contribution is -2.48. The van der Waals surface area contributed by atoms with E-state index in [1.54, 1.807) is 27.8 Å². The summed E-state index contributed by atoms with van der Waals surface area (Å²) < 4.78 is 5.05. The first-order valence-electron chi connectivity index (χ1n) is 6.72. The molecule has 114 valence electrons. The molecule has 1 aliphatic rings. The highest BCUT2D eigenvalue weighted by Crippen LogP contribution is 2.17. The van der Waals surface area contributed by atoms with E-state index in [9.17, 15) is 14.4 Å². The summed E-state index contributed by atoms with van der Waals surface area (Å²) in [6.45, 7) is 5.61. The third-order valence-electron chi connectivity index (χ3n) is 2.91. The van der Waals surface area contributed by atoms with Gasteiger partial charge in [0.25, 0.3) is 0 Å². The van der Waals surface area contributed by atoms with Crippen LogP contribution in [0.25, 0.3) is 0 Å². The van der Waals surface area contributed by atoms with E-state index >= 15 is 0 Å². The molecule has 0 saturated carbocycles. The van der Waals surface area contributed by atoms with Crippen molar-refractivity contribution in [2.24, 2.45) is 0 Å². The normalized spacial score (nSPS) is 18.6. The predicted octanol–water partition coefficient (Wildman–Crippen LogP) is 0.248. The van der Waals surface area contributed by atoms with Crippen molar-refractivity contribution in [3.05, 3.63) is 0 Å². The monoisotopic (exact) mass is 285 g/mol. The van der Waals surface area contributed by atoms with Gasteiger partial charge in [0.15, 0.2) is 0 Å². The second-order valence-electron chi connectivity index (χ2n) is 5.71. The Hall–Kier alpha value is -1.79. The third kappa shape index (κ3) is 4.71. The highest BCUT2D eigenvalue weighted by atomic mass is 16.6. The molecular formula is C13H23N3O4. The molecule has 1 atom stereocenters. The quantitative estimate of drug-likeness (QED) is 0.778. The Bertz CT molecular complexity index is 390. The number of hydrogen-bond donors (Lipinski definition) is 2. The molecule has 0 bridgehead atoms. The Morgan fingerprint density at radius 1 is 1.30 bits per heavy atom. The van der Waals surface area contributed by atoms with E-state index in [2.05, 4.69) is 10.6 Å². The van der Waals surface area contributed by atoms with E-state index in [1.165, 1.54) is 4.90 Å². The van der Waals surface area contributed by atoms with Crippen LogP contribution in [0.15, 0.2) is 0 Å². The van der Waals surface area contributed by atoms with Crippen LogP contribution in [0.4, 0.5) is 4.79 Å². The fourth-order valence-electron chi connectivity index (χ4n) is 2.07. The van der Waals surface area contributed by atoms with E-state index in [0.29, 0.717) is 13.0 Å². The van der Waals surface area contributed by atoms with E-state index in [-0.39, 0.29) is 18.4 Å². The summed E-state index contributed by atoms with van der Waals surface area (Å²) in [5.74, 6) is -0.449. The molecule has 0 radical (unpaired) electrons. The van der Waals surface area contributed by atoms with Gasteiger partial charge < -0.3 is 20.3 Å². The van der Waals surface area contributed by atoms with Gasteiger partial charge in [-0.25, -0.2) is 4.79 Å². The molecule has 20 heavy (non-hydrogen) atoms. The molecule has 7 heteroatoms. The number of nitrogens with zero attached hydrogens (tertiary/aromatic N) is 1. The van der Waals surface area contributed by atoms with Crippen LogP contribution in [-0.4, -0.2) is 54.6 Å². The average Bonchev–Trinajstić information content (AvgIpc) is 2.82. The molecule has 3 amide bonds. The lowest BCUT2D eigenvalue weighted by molar-refractivity contribution is -0.137. The summed E-state index contributed by atoms with van der Waals surface area (Å²) in [5.41, 5.74) is -0.606. The van der Waals surface area contributed by atoms with Gasteiger partial charge >= 0.3 is 6.09 Å². The zero-order valence-electron chi connectivity index (χ0n) is 12.5. The second-order valence-corrected chi connectivity index (χ2v) is 5.71. The van der Waals surface area contributed by atoms with Crippen molar-refractivity contribution < 1.29 is 19.1 Å². The van der Waals surface area contributed by atoms with Crippen LogP contribution in [0.3, 0.4) is 0 Å². The van der Waals surface area contributed by atoms with E-state index in [4.69, 9.17) is 4.74 Å². The van der Waals surface area contributed by atoms with Crippen molar-refractivity contribution in [3.63, 3.8) is 0 Å².